The van der Waals surface area contributed by atoms with Crippen LogP contribution in [0.4, 0.5) is 0 Å². The lowest BCUT2D eigenvalue weighted by Crippen LogP contribution is -2.51. The van der Waals surface area contributed by atoms with E-state index in [0.29, 0.717) is 37.8 Å². The van der Waals surface area contributed by atoms with E-state index < -0.39 is 6.04 Å². The summed E-state index contributed by atoms with van der Waals surface area (Å²) in [6.07, 6.45) is 1.26. The summed E-state index contributed by atoms with van der Waals surface area (Å²) < 4.78 is 0. The average Bonchev–Trinajstić information content (AvgIpc) is 2.76. The zero-order chi connectivity index (χ0) is 24.5. The van der Waals surface area contributed by atoms with Crippen molar-refractivity contribution in [3.8, 4) is 0 Å². The second-order valence-electron chi connectivity index (χ2n) is 7.69. The molecule has 0 spiro atoms. The summed E-state index contributed by atoms with van der Waals surface area (Å²) in [6, 6.07) is 9.86. The molecule has 0 unspecified atom stereocenters. The Hall–Kier alpha value is -1.11. The highest BCUT2D eigenvalue weighted by Gasteiger charge is 2.30. The van der Waals surface area contributed by atoms with E-state index in [0.717, 1.165) is 12.0 Å². The lowest BCUT2D eigenvalue weighted by Gasteiger charge is -2.32. The lowest BCUT2D eigenvalue weighted by atomic mass is 10.1. The number of hydrogen-bond acceptors (Lipinski definition) is 3. The first-order chi connectivity index (χ1) is 15.7. The molecule has 0 saturated heterocycles. The number of halogens is 4. The fourth-order valence-corrected chi connectivity index (χ4v) is 5.17. The molecule has 0 bridgehead atoms. The van der Waals surface area contributed by atoms with E-state index in [-0.39, 0.29) is 30.2 Å². The molecular formula is C24H28Cl4N2O2S. The Bertz CT molecular complexity index is 953. The van der Waals surface area contributed by atoms with Gasteiger partial charge in [0.05, 0.1) is 5.75 Å². The summed E-state index contributed by atoms with van der Waals surface area (Å²) in [7, 11) is 0. The summed E-state index contributed by atoms with van der Waals surface area (Å²) in [5.41, 5.74) is 1.51. The van der Waals surface area contributed by atoms with Gasteiger partial charge in [-0.3, -0.25) is 9.59 Å². The van der Waals surface area contributed by atoms with Gasteiger partial charge >= 0.3 is 0 Å². The molecule has 9 heteroatoms. The summed E-state index contributed by atoms with van der Waals surface area (Å²) in [4.78, 5) is 27.9. The quantitative estimate of drug-likeness (QED) is 0.321. The molecule has 2 atom stereocenters. The molecule has 0 aliphatic heterocycles. The highest BCUT2D eigenvalue weighted by molar-refractivity contribution is 7.99. The van der Waals surface area contributed by atoms with Crippen LogP contribution in [-0.2, 0) is 21.9 Å². The standard InChI is InChI=1S/C24H28Cl4N2O2S/c1-4-15(3)29-24(32)22(5-2)30(12-18-19(26)7-6-8-20(18)27)23(31)14-33-13-16-9-10-17(25)11-21(16)28/h6-11,15,22H,4-5,12-14H2,1-3H3,(H,29,32)/t15-,22+/m0/s1. The second-order valence-corrected chi connectivity index (χ2v) is 10.3. The van der Waals surface area contributed by atoms with Gasteiger partial charge in [-0.15, -0.1) is 11.8 Å². The minimum Gasteiger partial charge on any atom is -0.352 e. The largest absolute Gasteiger partial charge is 0.352 e. The highest BCUT2D eigenvalue weighted by Crippen LogP contribution is 2.28. The van der Waals surface area contributed by atoms with Gasteiger partial charge in [-0.25, -0.2) is 0 Å². The highest BCUT2D eigenvalue weighted by atomic mass is 35.5. The maximum atomic E-state index is 13.3. The Morgan fingerprint density at radius 2 is 1.67 bits per heavy atom. The van der Waals surface area contributed by atoms with Crippen LogP contribution in [0, 0.1) is 0 Å². The fourth-order valence-electron chi connectivity index (χ4n) is 3.18. The van der Waals surface area contributed by atoms with Gasteiger partial charge < -0.3 is 10.2 Å². The minimum absolute atomic E-state index is 0.00817. The van der Waals surface area contributed by atoms with Crippen molar-refractivity contribution < 1.29 is 9.59 Å². The average molecular weight is 550 g/mol. The summed E-state index contributed by atoms with van der Waals surface area (Å²) in [5.74, 6) is 0.355. The van der Waals surface area contributed by atoms with Crippen LogP contribution in [-0.4, -0.2) is 34.6 Å². The van der Waals surface area contributed by atoms with Crippen LogP contribution in [0.15, 0.2) is 36.4 Å². The predicted octanol–water partition coefficient (Wildman–Crippen LogP) is 7.26. The van der Waals surface area contributed by atoms with Crippen LogP contribution in [0.3, 0.4) is 0 Å². The molecule has 0 radical (unpaired) electrons. The summed E-state index contributed by atoms with van der Waals surface area (Å²) in [5, 5.41) is 5.02. The molecule has 0 aromatic heterocycles. The third kappa shape index (κ3) is 8.25. The van der Waals surface area contributed by atoms with Crippen molar-refractivity contribution in [3.05, 3.63) is 67.6 Å². The third-order valence-corrected chi connectivity index (χ3v) is 7.54. The number of nitrogens with one attached hydrogen (secondary N) is 1. The first-order valence-electron chi connectivity index (χ1n) is 10.7. The van der Waals surface area contributed by atoms with Crippen molar-refractivity contribution in [2.45, 2.75) is 58.0 Å². The second kappa shape index (κ2) is 13.7. The molecule has 0 saturated carbocycles. The molecule has 2 rings (SSSR count). The number of rotatable bonds is 11. The van der Waals surface area contributed by atoms with Crippen molar-refractivity contribution >= 4 is 70.0 Å². The van der Waals surface area contributed by atoms with Crippen LogP contribution in [0.1, 0.15) is 44.7 Å². The van der Waals surface area contributed by atoms with Crippen molar-refractivity contribution in [2.75, 3.05) is 5.75 Å². The number of nitrogens with zero attached hydrogens (tertiary/aromatic N) is 1. The van der Waals surface area contributed by atoms with Crippen molar-refractivity contribution in [2.24, 2.45) is 0 Å². The summed E-state index contributed by atoms with van der Waals surface area (Å²) in [6.45, 7) is 5.96. The first-order valence-corrected chi connectivity index (χ1v) is 13.4. The van der Waals surface area contributed by atoms with Crippen LogP contribution < -0.4 is 5.32 Å². The fraction of sp³-hybridized carbons (Fsp3) is 0.417. The van der Waals surface area contributed by atoms with E-state index in [1.54, 1.807) is 35.2 Å². The van der Waals surface area contributed by atoms with Gasteiger partial charge in [-0.1, -0.05) is 72.4 Å². The smallest absolute Gasteiger partial charge is 0.243 e. The number of thioether (sulfide) groups is 1. The van der Waals surface area contributed by atoms with E-state index >= 15 is 0 Å². The number of hydrogen-bond donors (Lipinski definition) is 1. The predicted molar refractivity (Wildman–Crippen MR) is 142 cm³/mol. The van der Waals surface area contributed by atoms with Gasteiger partial charge in [-0.05, 0) is 49.6 Å². The van der Waals surface area contributed by atoms with Crippen LogP contribution in [0.5, 0.6) is 0 Å². The lowest BCUT2D eigenvalue weighted by molar-refractivity contribution is -0.139. The van der Waals surface area contributed by atoms with Gasteiger partial charge in [0.15, 0.2) is 0 Å². The van der Waals surface area contributed by atoms with Crippen molar-refractivity contribution in [1.82, 2.24) is 10.2 Å². The molecule has 2 aromatic rings. The number of carbonyl (C=O) groups excluding carboxylic acids is 2. The van der Waals surface area contributed by atoms with Crippen molar-refractivity contribution in [1.29, 1.82) is 0 Å². The Labute approximate surface area is 220 Å². The Morgan fingerprint density at radius 1 is 1.00 bits per heavy atom. The van der Waals surface area contributed by atoms with E-state index in [4.69, 9.17) is 46.4 Å². The van der Waals surface area contributed by atoms with Gasteiger partial charge in [-0.2, -0.15) is 0 Å². The minimum atomic E-state index is -0.640. The molecular weight excluding hydrogens is 522 g/mol. The molecule has 4 nitrogen and oxygen atoms in total. The first kappa shape index (κ1) is 28.1. The van der Waals surface area contributed by atoms with Gasteiger partial charge in [0.25, 0.3) is 0 Å². The van der Waals surface area contributed by atoms with Gasteiger partial charge in [0, 0.05) is 44.0 Å². The summed E-state index contributed by atoms with van der Waals surface area (Å²) >= 11 is 26.4. The Balaban J connectivity index is 2.22. The van der Waals surface area contributed by atoms with E-state index in [1.807, 2.05) is 26.8 Å². The molecule has 180 valence electrons. The zero-order valence-electron chi connectivity index (χ0n) is 18.8. The maximum Gasteiger partial charge on any atom is 0.243 e. The molecule has 1 N–H and O–H groups in total. The Kier molecular flexibility index (Phi) is 11.7. The number of benzene rings is 2. The molecule has 0 heterocycles. The molecule has 2 aromatic carbocycles. The topological polar surface area (TPSA) is 49.4 Å². The van der Waals surface area contributed by atoms with Crippen molar-refractivity contribution in [3.63, 3.8) is 0 Å². The number of amides is 2. The molecule has 0 aliphatic rings. The van der Waals surface area contributed by atoms with Gasteiger partial charge in [0.2, 0.25) is 11.8 Å². The molecule has 33 heavy (non-hydrogen) atoms. The van der Waals surface area contributed by atoms with Crippen LogP contribution in [0.25, 0.3) is 0 Å². The SMILES string of the molecule is CC[C@H](C(=O)N[C@@H](C)CC)N(Cc1c(Cl)cccc1Cl)C(=O)CSCc1ccc(Cl)cc1Cl. The maximum absolute atomic E-state index is 13.3. The van der Waals surface area contributed by atoms with Gasteiger partial charge in [0.1, 0.15) is 6.04 Å². The third-order valence-electron chi connectivity index (χ3n) is 5.28. The van der Waals surface area contributed by atoms with E-state index in [9.17, 15) is 9.59 Å². The van der Waals surface area contributed by atoms with E-state index in [2.05, 4.69) is 5.32 Å². The van der Waals surface area contributed by atoms with Crippen LogP contribution in [0.2, 0.25) is 20.1 Å². The molecule has 0 fully saturated rings. The molecule has 0 aliphatic carbocycles. The Morgan fingerprint density at radius 3 is 2.24 bits per heavy atom. The monoisotopic (exact) mass is 548 g/mol. The van der Waals surface area contributed by atoms with E-state index in [1.165, 1.54) is 11.8 Å². The molecule has 2 amide bonds. The van der Waals surface area contributed by atoms with Crippen LogP contribution >= 0.6 is 58.2 Å². The zero-order valence-corrected chi connectivity index (χ0v) is 22.7. The number of carbonyl (C=O) groups is 2. The normalized spacial score (nSPS) is 12.8.